The number of rotatable bonds is 1. The molecule has 0 fully saturated rings. The van der Waals surface area contributed by atoms with Crippen molar-refractivity contribution < 1.29 is 4.79 Å². The monoisotopic (exact) mass is 224 g/mol. The normalized spacial score (nSPS) is 9.24. The number of hydrogen-bond acceptors (Lipinski definition) is 1. The third kappa shape index (κ3) is 2.76. The number of benzene rings is 1. The average molecular weight is 224 g/mol. The van der Waals surface area contributed by atoms with Crippen LogP contribution in [0.3, 0.4) is 0 Å². The quantitative estimate of drug-likeness (QED) is 0.733. The van der Waals surface area contributed by atoms with Gasteiger partial charge in [0.25, 0.3) is 5.91 Å². The van der Waals surface area contributed by atoms with E-state index >= 15 is 0 Å². The van der Waals surface area contributed by atoms with E-state index in [9.17, 15) is 4.79 Å². The first kappa shape index (κ1) is 11.0. The molecule has 0 aliphatic rings. The zero-order chi connectivity index (χ0) is 12.1. The molecule has 1 N–H and O–H groups in total. The zero-order valence-electron chi connectivity index (χ0n) is 9.47. The number of aromatic nitrogens is 1. The minimum atomic E-state index is -0.278. The topological polar surface area (TPSA) is 34.0 Å². The van der Waals surface area contributed by atoms with Gasteiger partial charge in [0.15, 0.2) is 0 Å². The number of carbonyl (C=O) groups excluding carboxylic acids is 1. The third-order valence-corrected chi connectivity index (χ3v) is 2.32. The van der Waals surface area contributed by atoms with Crippen molar-refractivity contribution in [2.75, 3.05) is 7.05 Å². The second-order valence-corrected chi connectivity index (χ2v) is 3.47. The smallest absolute Gasteiger partial charge is 0.295 e. The van der Waals surface area contributed by atoms with Gasteiger partial charge in [0.2, 0.25) is 0 Å². The Labute approximate surface area is 100 Å². The number of nitrogens with one attached hydrogen (secondary N) is 1. The number of amides is 1. The Balaban J connectivity index is 2.18. The number of carbonyl (C=O) groups is 1. The Morgan fingerprint density at radius 3 is 2.41 bits per heavy atom. The van der Waals surface area contributed by atoms with Crippen LogP contribution in [0.15, 0.2) is 48.8 Å². The molecule has 0 unspecified atom stereocenters. The van der Waals surface area contributed by atoms with Gasteiger partial charge in [-0.1, -0.05) is 5.92 Å². The van der Waals surface area contributed by atoms with Crippen LogP contribution in [0.4, 0.5) is 0 Å². The van der Waals surface area contributed by atoms with E-state index in [1.54, 1.807) is 7.05 Å². The lowest BCUT2D eigenvalue weighted by Crippen LogP contribution is -2.14. The van der Waals surface area contributed by atoms with E-state index < -0.39 is 0 Å². The molecular weight excluding hydrogens is 212 g/mol. The molecule has 84 valence electrons. The van der Waals surface area contributed by atoms with Gasteiger partial charge in [0.1, 0.15) is 0 Å². The molecule has 1 aromatic heterocycles. The van der Waals surface area contributed by atoms with E-state index in [2.05, 4.69) is 17.2 Å². The fourth-order valence-corrected chi connectivity index (χ4v) is 1.41. The van der Waals surface area contributed by atoms with Crippen molar-refractivity contribution in [1.82, 2.24) is 9.88 Å². The summed E-state index contributed by atoms with van der Waals surface area (Å²) in [4.78, 5) is 10.9. The Morgan fingerprint density at radius 2 is 1.82 bits per heavy atom. The minimum absolute atomic E-state index is 0.278. The van der Waals surface area contributed by atoms with E-state index in [-0.39, 0.29) is 5.91 Å². The molecule has 3 nitrogen and oxygen atoms in total. The highest BCUT2D eigenvalue weighted by molar-refractivity contribution is 5.93. The standard InChI is InChI=1S/C14H12N2O/c1-15-14(17)9-6-12-4-7-13(8-5-12)16-10-2-3-11-16/h2-5,7-8,10-11H,1H3,(H,15,17). The van der Waals surface area contributed by atoms with Crippen molar-refractivity contribution in [3.8, 4) is 17.5 Å². The lowest BCUT2D eigenvalue weighted by Gasteiger charge is -2.01. The first-order valence-electron chi connectivity index (χ1n) is 5.27. The molecule has 1 heterocycles. The van der Waals surface area contributed by atoms with E-state index in [4.69, 9.17) is 0 Å². The molecule has 0 atom stereocenters. The largest absolute Gasteiger partial charge is 0.348 e. The SMILES string of the molecule is CNC(=O)C#Cc1ccc(-n2cccc2)cc1. The maximum atomic E-state index is 10.9. The van der Waals surface area contributed by atoms with Crippen LogP contribution in [0, 0.1) is 11.8 Å². The van der Waals surface area contributed by atoms with E-state index in [0.29, 0.717) is 0 Å². The van der Waals surface area contributed by atoms with Gasteiger partial charge in [-0.3, -0.25) is 4.79 Å². The maximum Gasteiger partial charge on any atom is 0.295 e. The van der Waals surface area contributed by atoms with Crippen molar-refractivity contribution >= 4 is 5.91 Å². The van der Waals surface area contributed by atoms with Gasteiger partial charge >= 0.3 is 0 Å². The molecular formula is C14H12N2O. The molecule has 1 aromatic carbocycles. The second kappa shape index (κ2) is 5.04. The van der Waals surface area contributed by atoms with E-state index in [0.717, 1.165) is 11.3 Å². The second-order valence-electron chi connectivity index (χ2n) is 3.47. The molecule has 0 bridgehead atoms. The van der Waals surface area contributed by atoms with E-state index in [1.807, 2.05) is 53.4 Å². The summed E-state index contributed by atoms with van der Waals surface area (Å²) >= 11 is 0. The van der Waals surface area contributed by atoms with Crippen LogP contribution in [-0.4, -0.2) is 17.5 Å². The molecule has 0 spiro atoms. The summed E-state index contributed by atoms with van der Waals surface area (Å²) in [6, 6.07) is 11.7. The fraction of sp³-hybridized carbons (Fsp3) is 0.0714. The highest BCUT2D eigenvalue weighted by Crippen LogP contribution is 2.09. The van der Waals surface area contributed by atoms with Gasteiger partial charge < -0.3 is 9.88 Å². The summed E-state index contributed by atoms with van der Waals surface area (Å²) in [5, 5.41) is 2.45. The molecule has 0 aliphatic carbocycles. The lowest BCUT2D eigenvalue weighted by molar-refractivity contribution is -0.115. The predicted octanol–water partition coefficient (Wildman–Crippen LogP) is 1.57. The van der Waals surface area contributed by atoms with Crippen LogP contribution in [0.25, 0.3) is 5.69 Å². The number of hydrogen-bond donors (Lipinski definition) is 1. The zero-order valence-corrected chi connectivity index (χ0v) is 9.47. The first-order chi connectivity index (χ1) is 8.29. The molecule has 17 heavy (non-hydrogen) atoms. The number of nitrogens with zero attached hydrogens (tertiary/aromatic N) is 1. The predicted molar refractivity (Wildman–Crippen MR) is 66.7 cm³/mol. The van der Waals surface area contributed by atoms with Crippen molar-refractivity contribution in [2.45, 2.75) is 0 Å². The molecule has 0 saturated carbocycles. The highest BCUT2D eigenvalue weighted by Gasteiger charge is 1.94. The third-order valence-electron chi connectivity index (χ3n) is 2.32. The maximum absolute atomic E-state index is 10.9. The molecule has 0 radical (unpaired) electrons. The van der Waals surface area contributed by atoms with Crippen molar-refractivity contribution in [3.05, 3.63) is 54.4 Å². The lowest BCUT2D eigenvalue weighted by atomic mass is 10.2. The van der Waals surface area contributed by atoms with Crippen LogP contribution in [0.1, 0.15) is 5.56 Å². The van der Waals surface area contributed by atoms with Gasteiger partial charge in [-0.2, -0.15) is 0 Å². The van der Waals surface area contributed by atoms with Crippen LogP contribution in [0.5, 0.6) is 0 Å². The van der Waals surface area contributed by atoms with Gasteiger partial charge in [0, 0.05) is 36.6 Å². The molecule has 0 saturated heterocycles. The summed E-state index contributed by atoms with van der Waals surface area (Å²) in [6.07, 6.45) is 3.95. The summed E-state index contributed by atoms with van der Waals surface area (Å²) in [5.74, 6) is 5.01. The Morgan fingerprint density at radius 1 is 1.18 bits per heavy atom. The van der Waals surface area contributed by atoms with Crippen LogP contribution < -0.4 is 5.32 Å². The van der Waals surface area contributed by atoms with E-state index in [1.165, 1.54) is 0 Å². The van der Waals surface area contributed by atoms with Crippen molar-refractivity contribution in [1.29, 1.82) is 0 Å². The molecule has 2 rings (SSSR count). The summed E-state index contributed by atoms with van der Waals surface area (Å²) in [5.41, 5.74) is 1.89. The van der Waals surface area contributed by atoms with Crippen LogP contribution in [0.2, 0.25) is 0 Å². The Hall–Kier alpha value is -2.47. The highest BCUT2D eigenvalue weighted by atomic mass is 16.1. The molecule has 1 amide bonds. The van der Waals surface area contributed by atoms with Crippen molar-refractivity contribution in [2.24, 2.45) is 0 Å². The Bertz CT molecular complexity index is 557. The molecule has 2 aromatic rings. The summed E-state index contributed by atoms with van der Waals surface area (Å²) in [7, 11) is 1.56. The van der Waals surface area contributed by atoms with Gasteiger partial charge in [-0.15, -0.1) is 0 Å². The first-order valence-corrected chi connectivity index (χ1v) is 5.27. The van der Waals surface area contributed by atoms with Gasteiger partial charge in [-0.25, -0.2) is 0 Å². The van der Waals surface area contributed by atoms with Gasteiger partial charge in [-0.05, 0) is 36.4 Å². The van der Waals surface area contributed by atoms with Crippen LogP contribution >= 0.6 is 0 Å². The van der Waals surface area contributed by atoms with Crippen LogP contribution in [-0.2, 0) is 4.79 Å². The Kier molecular flexibility index (Phi) is 3.27. The average Bonchev–Trinajstić information content (AvgIpc) is 2.90. The molecule has 0 aliphatic heterocycles. The van der Waals surface area contributed by atoms with Gasteiger partial charge in [0.05, 0.1) is 0 Å². The fourth-order valence-electron chi connectivity index (χ4n) is 1.41. The minimum Gasteiger partial charge on any atom is -0.348 e. The van der Waals surface area contributed by atoms with Crippen molar-refractivity contribution in [3.63, 3.8) is 0 Å². The summed E-state index contributed by atoms with van der Waals surface area (Å²) in [6.45, 7) is 0. The molecule has 3 heteroatoms. The summed E-state index contributed by atoms with van der Waals surface area (Å²) < 4.78 is 2.01.